The van der Waals surface area contributed by atoms with Crippen LogP contribution in [0.15, 0.2) is 30.3 Å². The highest BCUT2D eigenvalue weighted by Crippen LogP contribution is 2.24. The fraction of sp³-hybridized carbons (Fsp3) is 0.182. The van der Waals surface area contributed by atoms with Crippen molar-refractivity contribution in [3.63, 3.8) is 0 Å². The molecule has 0 amide bonds. The summed E-state index contributed by atoms with van der Waals surface area (Å²) in [5.41, 5.74) is 8.94. The van der Waals surface area contributed by atoms with Gasteiger partial charge in [0.15, 0.2) is 0 Å². The van der Waals surface area contributed by atoms with E-state index in [1.807, 2.05) is 30.3 Å². The molecule has 1 heterocycles. The number of hydrogen-bond donors (Lipinski definition) is 2. The van der Waals surface area contributed by atoms with Crippen LogP contribution in [0, 0.1) is 0 Å². The van der Waals surface area contributed by atoms with Crippen LogP contribution in [0.2, 0.25) is 0 Å². The lowest BCUT2D eigenvalue weighted by Crippen LogP contribution is -1.90. The molecular formula is C11H13N3. The summed E-state index contributed by atoms with van der Waals surface area (Å²) in [7, 11) is 0. The maximum absolute atomic E-state index is 5.77. The van der Waals surface area contributed by atoms with Crippen LogP contribution in [0.3, 0.4) is 0 Å². The molecule has 0 saturated carbocycles. The van der Waals surface area contributed by atoms with Crippen molar-refractivity contribution in [1.82, 2.24) is 10.2 Å². The average Bonchev–Trinajstić information content (AvgIpc) is 2.61. The molecule has 0 spiro atoms. The van der Waals surface area contributed by atoms with E-state index in [2.05, 4.69) is 17.1 Å². The third-order valence-corrected chi connectivity index (χ3v) is 2.30. The summed E-state index contributed by atoms with van der Waals surface area (Å²) >= 11 is 0. The van der Waals surface area contributed by atoms with Gasteiger partial charge in [0.1, 0.15) is 5.82 Å². The normalized spacial score (nSPS) is 10.4. The number of benzene rings is 1. The van der Waals surface area contributed by atoms with E-state index in [-0.39, 0.29) is 0 Å². The Morgan fingerprint density at radius 2 is 2.00 bits per heavy atom. The van der Waals surface area contributed by atoms with E-state index in [1.54, 1.807) is 0 Å². The van der Waals surface area contributed by atoms with Crippen LogP contribution in [0.5, 0.6) is 0 Å². The first-order valence-corrected chi connectivity index (χ1v) is 4.71. The Balaban J connectivity index is 2.52. The van der Waals surface area contributed by atoms with Gasteiger partial charge in [-0.2, -0.15) is 5.10 Å². The van der Waals surface area contributed by atoms with E-state index in [0.29, 0.717) is 5.82 Å². The van der Waals surface area contributed by atoms with Gasteiger partial charge in [0.2, 0.25) is 0 Å². The maximum Gasteiger partial charge on any atom is 0.122 e. The molecule has 0 unspecified atom stereocenters. The lowest BCUT2D eigenvalue weighted by Gasteiger charge is -1.99. The molecule has 0 aliphatic carbocycles. The van der Waals surface area contributed by atoms with Crippen molar-refractivity contribution in [2.24, 2.45) is 0 Å². The van der Waals surface area contributed by atoms with Crippen LogP contribution in [0.1, 0.15) is 12.5 Å². The maximum atomic E-state index is 5.77. The number of nitrogens with two attached hydrogens (primary N) is 1. The minimum atomic E-state index is 0.673. The van der Waals surface area contributed by atoms with E-state index in [9.17, 15) is 0 Å². The largest absolute Gasteiger partial charge is 0.384 e. The first-order chi connectivity index (χ1) is 6.83. The molecule has 2 rings (SSSR count). The summed E-state index contributed by atoms with van der Waals surface area (Å²) in [5.74, 6) is 0.673. The molecule has 3 N–H and O–H groups in total. The van der Waals surface area contributed by atoms with Crippen LogP contribution in [-0.4, -0.2) is 10.2 Å². The lowest BCUT2D eigenvalue weighted by molar-refractivity contribution is 1.10. The molecule has 0 fully saturated rings. The molecule has 2 aromatic rings. The van der Waals surface area contributed by atoms with Gasteiger partial charge in [0.05, 0.1) is 5.69 Å². The molecule has 14 heavy (non-hydrogen) atoms. The predicted octanol–water partition coefficient (Wildman–Crippen LogP) is 2.22. The van der Waals surface area contributed by atoms with Crippen molar-refractivity contribution < 1.29 is 0 Å². The molecule has 0 bridgehead atoms. The van der Waals surface area contributed by atoms with Crippen molar-refractivity contribution in [1.29, 1.82) is 0 Å². The summed E-state index contributed by atoms with van der Waals surface area (Å²) in [5, 5.41) is 7.02. The SMILES string of the molecule is CCc1c(-c2ccccc2)n[nH]c1N. The van der Waals surface area contributed by atoms with Gasteiger partial charge in [-0.15, -0.1) is 0 Å². The van der Waals surface area contributed by atoms with Crippen molar-refractivity contribution in [3.05, 3.63) is 35.9 Å². The van der Waals surface area contributed by atoms with Gasteiger partial charge < -0.3 is 5.73 Å². The van der Waals surface area contributed by atoms with Gasteiger partial charge in [-0.3, -0.25) is 5.10 Å². The Bertz CT molecular complexity index is 417. The third kappa shape index (κ3) is 1.37. The molecule has 3 nitrogen and oxygen atoms in total. The Hall–Kier alpha value is -1.77. The second kappa shape index (κ2) is 3.54. The van der Waals surface area contributed by atoms with Crippen molar-refractivity contribution >= 4 is 5.82 Å². The summed E-state index contributed by atoms with van der Waals surface area (Å²) < 4.78 is 0. The number of anilines is 1. The monoisotopic (exact) mass is 187 g/mol. The Morgan fingerprint density at radius 3 is 2.64 bits per heavy atom. The number of rotatable bonds is 2. The summed E-state index contributed by atoms with van der Waals surface area (Å²) in [4.78, 5) is 0. The lowest BCUT2D eigenvalue weighted by atomic mass is 10.1. The van der Waals surface area contributed by atoms with E-state index < -0.39 is 0 Å². The Kier molecular flexibility index (Phi) is 2.23. The molecule has 0 aliphatic heterocycles. The first kappa shape index (κ1) is 8.81. The molecule has 1 aromatic heterocycles. The quantitative estimate of drug-likeness (QED) is 0.757. The van der Waals surface area contributed by atoms with Crippen molar-refractivity contribution in [3.8, 4) is 11.3 Å². The second-order valence-corrected chi connectivity index (χ2v) is 3.18. The fourth-order valence-electron chi connectivity index (χ4n) is 1.57. The predicted molar refractivity (Wildman–Crippen MR) is 57.8 cm³/mol. The first-order valence-electron chi connectivity index (χ1n) is 4.71. The number of hydrogen-bond acceptors (Lipinski definition) is 2. The summed E-state index contributed by atoms with van der Waals surface area (Å²) in [6.45, 7) is 2.08. The zero-order chi connectivity index (χ0) is 9.97. The van der Waals surface area contributed by atoms with E-state index >= 15 is 0 Å². The fourth-order valence-corrected chi connectivity index (χ4v) is 1.57. The smallest absolute Gasteiger partial charge is 0.122 e. The van der Waals surface area contributed by atoms with Crippen molar-refractivity contribution in [2.75, 3.05) is 5.73 Å². The van der Waals surface area contributed by atoms with E-state index in [4.69, 9.17) is 5.73 Å². The minimum Gasteiger partial charge on any atom is -0.384 e. The molecule has 1 aromatic carbocycles. The molecular weight excluding hydrogens is 174 g/mol. The number of nitrogen functional groups attached to an aromatic ring is 1. The van der Waals surface area contributed by atoms with Crippen molar-refractivity contribution in [2.45, 2.75) is 13.3 Å². The van der Waals surface area contributed by atoms with Crippen LogP contribution >= 0.6 is 0 Å². The highest BCUT2D eigenvalue weighted by atomic mass is 15.2. The van der Waals surface area contributed by atoms with Gasteiger partial charge in [-0.25, -0.2) is 0 Å². The minimum absolute atomic E-state index is 0.673. The topological polar surface area (TPSA) is 54.7 Å². The highest BCUT2D eigenvalue weighted by molar-refractivity contribution is 5.67. The van der Waals surface area contributed by atoms with Crippen LogP contribution in [0.4, 0.5) is 5.82 Å². The van der Waals surface area contributed by atoms with E-state index in [0.717, 1.165) is 23.2 Å². The summed E-state index contributed by atoms with van der Waals surface area (Å²) in [6.07, 6.45) is 0.895. The number of H-pyrrole nitrogens is 1. The van der Waals surface area contributed by atoms with E-state index in [1.165, 1.54) is 0 Å². The molecule has 0 radical (unpaired) electrons. The number of nitrogens with one attached hydrogen (secondary N) is 1. The molecule has 3 heteroatoms. The standard InChI is InChI=1S/C11H13N3/c1-2-9-10(13-14-11(9)12)8-6-4-3-5-7-8/h3-7H,2H2,1H3,(H3,12,13,14). The summed E-state index contributed by atoms with van der Waals surface area (Å²) in [6, 6.07) is 10.1. The van der Waals surface area contributed by atoms with Gasteiger partial charge in [0, 0.05) is 11.1 Å². The number of aromatic nitrogens is 2. The number of nitrogens with zero attached hydrogens (tertiary/aromatic N) is 1. The van der Waals surface area contributed by atoms with Crippen LogP contribution in [0.25, 0.3) is 11.3 Å². The van der Waals surface area contributed by atoms with Gasteiger partial charge in [-0.1, -0.05) is 37.3 Å². The highest BCUT2D eigenvalue weighted by Gasteiger charge is 2.09. The zero-order valence-corrected chi connectivity index (χ0v) is 8.12. The zero-order valence-electron chi connectivity index (χ0n) is 8.12. The Labute approximate surface area is 83.0 Å². The molecule has 0 saturated heterocycles. The second-order valence-electron chi connectivity index (χ2n) is 3.18. The molecule has 72 valence electrons. The average molecular weight is 187 g/mol. The van der Waals surface area contributed by atoms with Gasteiger partial charge in [-0.05, 0) is 6.42 Å². The van der Waals surface area contributed by atoms with Gasteiger partial charge in [0.25, 0.3) is 0 Å². The van der Waals surface area contributed by atoms with Crippen LogP contribution in [-0.2, 0) is 6.42 Å². The van der Waals surface area contributed by atoms with Crippen LogP contribution < -0.4 is 5.73 Å². The third-order valence-electron chi connectivity index (χ3n) is 2.30. The molecule has 0 atom stereocenters. The molecule has 0 aliphatic rings. The Morgan fingerprint density at radius 1 is 1.29 bits per heavy atom. The number of aromatic amines is 1. The van der Waals surface area contributed by atoms with Gasteiger partial charge >= 0.3 is 0 Å².